The van der Waals surface area contributed by atoms with E-state index < -0.39 is 83.7 Å². The van der Waals surface area contributed by atoms with Crippen LogP contribution < -0.4 is 10.6 Å². The van der Waals surface area contributed by atoms with E-state index in [0.717, 1.165) is 52.1 Å². The van der Waals surface area contributed by atoms with Gasteiger partial charge in [0.15, 0.2) is 18.8 Å². The first-order valence-electron chi connectivity index (χ1n) is 14.3. The van der Waals surface area contributed by atoms with E-state index >= 15 is 0 Å². The van der Waals surface area contributed by atoms with Crippen molar-refractivity contribution in [3.63, 3.8) is 0 Å². The molecule has 16 heteroatoms. The summed E-state index contributed by atoms with van der Waals surface area (Å²) in [6.07, 6.45) is -6.26. The van der Waals surface area contributed by atoms with E-state index in [1.54, 1.807) is 31.2 Å². The zero-order chi connectivity index (χ0) is 34.6. The van der Waals surface area contributed by atoms with Crippen molar-refractivity contribution in [1.29, 1.82) is 0 Å². The molecule has 1 aliphatic rings. The summed E-state index contributed by atoms with van der Waals surface area (Å²) < 4.78 is 33.1. The second-order valence-electron chi connectivity index (χ2n) is 10.3. The van der Waals surface area contributed by atoms with Crippen molar-refractivity contribution in [3.05, 3.63) is 29.8 Å². The maximum atomic E-state index is 13.6. The van der Waals surface area contributed by atoms with E-state index in [2.05, 4.69) is 10.6 Å². The Morgan fingerprint density at radius 2 is 1.57 bits per heavy atom. The first-order valence-corrected chi connectivity index (χ1v) is 15.1. The number of esters is 5. The van der Waals surface area contributed by atoms with Crippen molar-refractivity contribution in [2.45, 2.75) is 94.7 Å². The number of amides is 2. The zero-order valence-electron chi connectivity index (χ0n) is 26.7. The zero-order valence-corrected chi connectivity index (χ0v) is 27.6. The molecule has 0 saturated carbocycles. The predicted octanol–water partition coefficient (Wildman–Crippen LogP) is 1.11. The van der Waals surface area contributed by atoms with Crippen molar-refractivity contribution in [1.82, 2.24) is 10.6 Å². The maximum Gasteiger partial charge on any atom is 0.349 e. The van der Waals surface area contributed by atoms with Gasteiger partial charge < -0.3 is 39.1 Å². The summed E-state index contributed by atoms with van der Waals surface area (Å²) in [5.74, 6) is -5.42. The number of hydrogen-bond acceptors (Lipinski definition) is 14. The second kappa shape index (κ2) is 17.5. The van der Waals surface area contributed by atoms with Gasteiger partial charge in [0.1, 0.15) is 12.2 Å². The highest BCUT2D eigenvalue weighted by molar-refractivity contribution is 8.01. The number of thioether (sulfide) groups is 1. The van der Waals surface area contributed by atoms with Crippen LogP contribution in [0.15, 0.2) is 29.2 Å². The molecule has 254 valence electrons. The molecular formula is C30H40N2O13S. The Bertz CT molecular complexity index is 1290. The van der Waals surface area contributed by atoms with Crippen molar-refractivity contribution < 1.29 is 62.0 Å². The molecule has 0 aliphatic carbocycles. The number of carbonyl (C=O) groups excluding carboxylic acids is 7. The first-order chi connectivity index (χ1) is 21.6. The minimum absolute atomic E-state index is 0.0763. The number of aryl methyl sites for hydroxylation is 1. The van der Waals surface area contributed by atoms with Crippen LogP contribution in [-0.2, 0) is 62.0 Å². The van der Waals surface area contributed by atoms with Gasteiger partial charge >= 0.3 is 29.8 Å². The highest BCUT2D eigenvalue weighted by Crippen LogP contribution is 2.46. The molecule has 1 aromatic rings. The lowest BCUT2D eigenvalue weighted by atomic mass is 9.89. The molecule has 0 aromatic heterocycles. The van der Waals surface area contributed by atoms with E-state index in [1.165, 1.54) is 0 Å². The summed E-state index contributed by atoms with van der Waals surface area (Å²) in [6, 6.07) is 5.66. The smallest absolute Gasteiger partial charge is 0.349 e. The Kier molecular flexibility index (Phi) is 14.5. The molecule has 2 N–H and O–H groups in total. The Balaban J connectivity index is 2.80. The van der Waals surface area contributed by atoms with Gasteiger partial charge in [-0.15, -0.1) is 0 Å². The number of ether oxygens (including phenoxy) is 6. The highest BCUT2D eigenvalue weighted by atomic mass is 32.2. The van der Waals surface area contributed by atoms with Crippen LogP contribution in [-0.4, -0.2) is 97.3 Å². The molecule has 1 aliphatic heterocycles. The summed E-state index contributed by atoms with van der Waals surface area (Å²) in [5, 5.41) is 5.16. The van der Waals surface area contributed by atoms with Crippen LogP contribution in [0.5, 0.6) is 0 Å². The normalized spacial score (nSPS) is 21.8. The number of rotatable bonds is 14. The molecule has 0 spiro atoms. The Labute approximate surface area is 270 Å². The van der Waals surface area contributed by atoms with Gasteiger partial charge in [0.05, 0.1) is 19.7 Å². The van der Waals surface area contributed by atoms with E-state index in [4.69, 9.17) is 28.4 Å². The van der Waals surface area contributed by atoms with Crippen molar-refractivity contribution in [3.8, 4) is 0 Å². The fourth-order valence-corrected chi connectivity index (χ4v) is 5.86. The Morgan fingerprint density at radius 3 is 2.09 bits per heavy atom. The van der Waals surface area contributed by atoms with Crippen LogP contribution in [0.3, 0.4) is 0 Å². The molecule has 0 bridgehead atoms. The van der Waals surface area contributed by atoms with E-state index in [0.29, 0.717) is 4.90 Å². The number of methoxy groups -OCH3 is 1. The average Bonchev–Trinajstić information content (AvgIpc) is 2.98. The SMILES string of the molecule is CCC(=O)NC[C@@H](OC(C)=O)[C@@H](OC(C)=O)[C@@H]1O[C@](Sc2ccc(C)cc2)(C(=O)OC)C[C@H](OC(C)=O)[C@H]1NC(=O)COC(C)=O. The summed E-state index contributed by atoms with van der Waals surface area (Å²) in [6.45, 7) is 6.73. The summed E-state index contributed by atoms with van der Waals surface area (Å²) >= 11 is 0.919. The third kappa shape index (κ3) is 11.3. The minimum atomic E-state index is -1.97. The maximum absolute atomic E-state index is 13.6. The Hall–Kier alpha value is -4.18. The van der Waals surface area contributed by atoms with Crippen LogP contribution in [0.1, 0.15) is 53.0 Å². The predicted molar refractivity (Wildman–Crippen MR) is 160 cm³/mol. The first kappa shape index (κ1) is 38.0. The van der Waals surface area contributed by atoms with Crippen LogP contribution >= 0.6 is 11.8 Å². The molecule has 1 fully saturated rings. The van der Waals surface area contributed by atoms with Crippen LogP contribution in [0.25, 0.3) is 0 Å². The standard InChI is InChI=1S/C30H40N2O13S/c1-8-24(37)31-14-23(43-19(5)35)27(44-20(6)36)28-26(32-25(38)15-41-17(3)33)22(42-18(4)34)13-30(45-28,29(39)40-7)46-21-11-9-16(2)10-12-21/h9-12,22-23,26-28H,8,13-15H2,1-7H3,(H,31,37)(H,32,38)/t22-,23+,26+,27+,28+,30+/m0/s1. The number of nitrogens with one attached hydrogen (secondary N) is 2. The number of carbonyl (C=O) groups is 7. The van der Waals surface area contributed by atoms with Gasteiger partial charge in [-0.3, -0.25) is 28.8 Å². The van der Waals surface area contributed by atoms with E-state index in [-0.39, 0.29) is 19.4 Å². The summed E-state index contributed by atoms with van der Waals surface area (Å²) in [4.78, 5) is 85.8. The van der Waals surface area contributed by atoms with Crippen molar-refractivity contribution >= 4 is 53.4 Å². The van der Waals surface area contributed by atoms with Crippen LogP contribution in [0, 0.1) is 6.92 Å². The van der Waals surface area contributed by atoms with Gasteiger partial charge in [0, 0.05) is 45.4 Å². The highest BCUT2D eigenvalue weighted by Gasteiger charge is 2.59. The van der Waals surface area contributed by atoms with Gasteiger partial charge in [-0.25, -0.2) is 4.79 Å². The Morgan fingerprint density at radius 1 is 0.935 bits per heavy atom. The lowest BCUT2D eigenvalue weighted by Crippen LogP contribution is -2.68. The van der Waals surface area contributed by atoms with Gasteiger partial charge in [0.2, 0.25) is 10.8 Å². The quantitative estimate of drug-likeness (QED) is 0.211. The largest absolute Gasteiger partial charge is 0.466 e. The van der Waals surface area contributed by atoms with Crippen molar-refractivity contribution in [2.24, 2.45) is 0 Å². The van der Waals surface area contributed by atoms with Crippen LogP contribution in [0.2, 0.25) is 0 Å². The molecule has 46 heavy (non-hydrogen) atoms. The molecule has 2 amide bonds. The third-order valence-corrected chi connectivity index (χ3v) is 7.80. The van der Waals surface area contributed by atoms with Gasteiger partial charge in [-0.05, 0) is 19.1 Å². The van der Waals surface area contributed by atoms with Crippen molar-refractivity contribution in [2.75, 3.05) is 20.3 Å². The van der Waals surface area contributed by atoms with E-state index in [9.17, 15) is 33.6 Å². The van der Waals surface area contributed by atoms with Gasteiger partial charge in [-0.1, -0.05) is 36.4 Å². The molecule has 15 nitrogen and oxygen atoms in total. The van der Waals surface area contributed by atoms with Gasteiger partial charge in [0.25, 0.3) is 5.91 Å². The molecule has 1 heterocycles. The van der Waals surface area contributed by atoms with Gasteiger partial charge in [-0.2, -0.15) is 0 Å². The average molecular weight is 669 g/mol. The molecule has 6 atom stereocenters. The molecular weight excluding hydrogens is 628 g/mol. The minimum Gasteiger partial charge on any atom is -0.466 e. The number of benzene rings is 1. The molecule has 1 aromatic carbocycles. The summed E-state index contributed by atoms with van der Waals surface area (Å²) in [5.41, 5.74) is 0.931. The molecule has 0 unspecified atom stereocenters. The number of hydrogen-bond donors (Lipinski definition) is 2. The third-order valence-electron chi connectivity index (χ3n) is 6.53. The molecule has 0 radical (unpaired) electrons. The summed E-state index contributed by atoms with van der Waals surface area (Å²) in [7, 11) is 1.12. The molecule has 1 saturated heterocycles. The van der Waals surface area contributed by atoms with E-state index in [1.807, 2.05) is 6.92 Å². The lowest BCUT2D eigenvalue weighted by Gasteiger charge is -2.48. The fourth-order valence-electron chi connectivity index (χ4n) is 4.63. The molecule has 2 rings (SSSR count). The lowest BCUT2D eigenvalue weighted by molar-refractivity contribution is -0.221. The van der Waals surface area contributed by atoms with Crippen LogP contribution in [0.4, 0.5) is 0 Å². The fraction of sp³-hybridized carbons (Fsp3) is 0.567. The monoisotopic (exact) mass is 668 g/mol. The topological polar surface area (TPSA) is 199 Å². The second-order valence-corrected chi connectivity index (χ2v) is 11.7.